The highest BCUT2D eigenvalue weighted by molar-refractivity contribution is 5.67. The number of carbonyl (C=O) groups is 1. The van der Waals surface area contributed by atoms with E-state index in [1.54, 1.807) is 0 Å². The van der Waals surface area contributed by atoms with E-state index >= 15 is 0 Å². The summed E-state index contributed by atoms with van der Waals surface area (Å²) in [4.78, 5) is 35.7. The number of hydrogen-bond acceptors (Lipinski definition) is 6. The van der Waals surface area contributed by atoms with Crippen molar-refractivity contribution in [3.8, 4) is 0 Å². The van der Waals surface area contributed by atoms with Gasteiger partial charge in [0.15, 0.2) is 0 Å². The van der Waals surface area contributed by atoms with Crippen molar-refractivity contribution < 1.29 is 33.6 Å². The van der Waals surface area contributed by atoms with Crippen LogP contribution in [0.4, 0.5) is 4.79 Å². The Morgan fingerprint density at radius 2 is 1.49 bits per heavy atom. The Labute approximate surface area is 222 Å². The molecule has 0 radical (unpaired) electrons. The zero-order valence-corrected chi connectivity index (χ0v) is 23.4. The minimum Gasteiger partial charge on any atom is -0.446 e. The van der Waals surface area contributed by atoms with Crippen molar-refractivity contribution in [3.63, 3.8) is 0 Å². The van der Waals surface area contributed by atoms with Gasteiger partial charge in [0.1, 0.15) is 12.6 Å². The summed E-state index contributed by atoms with van der Waals surface area (Å²) in [5, 5.41) is 2.91. The lowest BCUT2D eigenvalue weighted by molar-refractivity contribution is -0.903. The van der Waals surface area contributed by atoms with Gasteiger partial charge in [-0.1, -0.05) is 51.1 Å². The van der Waals surface area contributed by atoms with Crippen LogP contribution in [0.3, 0.4) is 0 Å². The van der Waals surface area contributed by atoms with Gasteiger partial charge in [-0.2, -0.15) is 19.6 Å². The smallest absolute Gasteiger partial charge is 0.407 e. The van der Waals surface area contributed by atoms with Crippen molar-refractivity contribution in [2.75, 3.05) is 27.2 Å². The van der Waals surface area contributed by atoms with Crippen LogP contribution in [0.1, 0.15) is 84.1 Å². The van der Waals surface area contributed by atoms with Crippen LogP contribution in [0.25, 0.3) is 0 Å². The molecule has 8 heteroatoms. The lowest BCUT2D eigenvalue weighted by atomic mass is 9.71. The fourth-order valence-corrected chi connectivity index (χ4v) is 5.78. The summed E-state index contributed by atoms with van der Waals surface area (Å²) in [7, 11) is 4.43. The Kier molecular flexibility index (Phi) is 8.86. The molecule has 0 aromatic heterocycles. The van der Waals surface area contributed by atoms with E-state index in [0.717, 1.165) is 49.7 Å². The van der Waals surface area contributed by atoms with Gasteiger partial charge < -0.3 is 14.5 Å². The molecule has 8 nitrogen and oxygen atoms in total. The first-order valence-corrected chi connectivity index (χ1v) is 14.0. The molecule has 1 saturated heterocycles. The maximum absolute atomic E-state index is 12.3. The Hall–Kier alpha value is -1.71. The lowest BCUT2D eigenvalue weighted by Gasteiger charge is -2.48. The number of alkyl carbamates (subject to hydrolysis) is 1. The number of nitrogens with zero attached hydrogens (tertiary/aromatic N) is 1. The van der Waals surface area contributed by atoms with E-state index in [-0.39, 0.29) is 17.6 Å². The average Bonchev–Trinajstić information content (AvgIpc) is 2.86. The molecule has 1 N–H and O–H groups in total. The maximum Gasteiger partial charge on any atom is 0.407 e. The van der Waals surface area contributed by atoms with Crippen LogP contribution >= 0.6 is 0 Å². The highest BCUT2D eigenvalue weighted by Gasteiger charge is 2.52. The second-order valence-corrected chi connectivity index (χ2v) is 13.0. The highest BCUT2D eigenvalue weighted by atomic mass is 17.4. The summed E-state index contributed by atoms with van der Waals surface area (Å²) < 4.78 is 6.53. The fourth-order valence-electron chi connectivity index (χ4n) is 5.78. The van der Waals surface area contributed by atoms with Crippen molar-refractivity contribution >= 4 is 6.09 Å². The van der Waals surface area contributed by atoms with Crippen LogP contribution in [-0.2, 0) is 30.8 Å². The first-order valence-electron chi connectivity index (χ1n) is 14.0. The first kappa shape index (κ1) is 28.3. The minimum absolute atomic E-state index is 0.166. The number of carbonyl (C=O) groups excluding carboxylic acids is 1. The molecule has 2 spiro atoms. The number of amides is 1. The predicted octanol–water partition coefficient (Wildman–Crippen LogP) is 5.86. The molecule has 1 aromatic rings. The molecule has 37 heavy (non-hydrogen) atoms. The van der Waals surface area contributed by atoms with Crippen LogP contribution < -0.4 is 5.32 Å². The first-order chi connectivity index (χ1) is 17.5. The van der Waals surface area contributed by atoms with E-state index in [4.69, 9.17) is 24.3 Å². The average molecular weight is 520 g/mol. The molecular weight excluding hydrogens is 472 g/mol. The zero-order chi connectivity index (χ0) is 26.6. The third-order valence-electron chi connectivity index (χ3n) is 8.29. The minimum atomic E-state index is -0.912. The fraction of sp³-hybridized carbons (Fsp3) is 0.759. The topological polar surface area (TPSA) is 75.3 Å². The Balaban J connectivity index is 1.11. The monoisotopic (exact) mass is 519 g/mol. The van der Waals surface area contributed by atoms with Gasteiger partial charge in [-0.15, -0.1) is 0 Å². The van der Waals surface area contributed by atoms with E-state index < -0.39 is 11.6 Å². The number of rotatable bonds is 7. The van der Waals surface area contributed by atoms with Crippen LogP contribution in [0.2, 0.25) is 0 Å². The van der Waals surface area contributed by atoms with Crippen molar-refractivity contribution in [2.24, 2.45) is 11.3 Å². The Morgan fingerprint density at radius 3 is 2.03 bits per heavy atom. The molecule has 1 heterocycles. The number of ether oxygens (including phenoxy) is 1. The number of quaternary nitrogens is 1. The molecule has 2 aliphatic carbocycles. The van der Waals surface area contributed by atoms with Crippen molar-refractivity contribution in [1.29, 1.82) is 0 Å². The molecule has 3 fully saturated rings. The number of nitrogens with one attached hydrogen (secondary N) is 1. The molecule has 0 unspecified atom stereocenters. The highest BCUT2D eigenvalue weighted by Crippen LogP contribution is 2.48. The van der Waals surface area contributed by atoms with Crippen LogP contribution in [0, 0.1) is 11.3 Å². The van der Waals surface area contributed by atoms with Crippen LogP contribution in [0.5, 0.6) is 0 Å². The number of benzene rings is 1. The van der Waals surface area contributed by atoms with Gasteiger partial charge >= 0.3 is 6.09 Å². The van der Waals surface area contributed by atoms with E-state index in [0.29, 0.717) is 38.1 Å². The summed E-state index contributed by atoms with van der Waals surface area (Å²) in [5.74, 6) is -1.07. The summed E-state index contributed by atoms with van der Waals surface area (Å²) in [6, 6.07) is 10.5. The lowest BCUT2D eigenvalue weighted by Crippen LogP contribution is -2.54. The second kappa shape index (κ2) is 11.6. The van der Waals surface area contributed by atoms with E-state index in [2.05, 4.69) is 64.4 Å². The van der Waals surface area contributed by atoms with Crippen LogP contribution in [0.15, 0.2) is 30.3 Å². The SMILES string of the molecule is CC(C)(C)C1CCC2(CC1)OOC1(CCC(OC(=O)NCCC[N+](C)(C)Cc3ccccc3)CC1)OO2. The largest absolute Gasteiger partial charge is 0.446 e. The Bertz CT molecular complexity index is 856. The molecule has 1 aliphatic heterocycles. The molecule has 208 valence electrons. The standard InChI is InChI=1S/C29H46N2O6/c1-27(2,3)24-12-16-28(17-13-24)34-36-29(37-35-28)18-14-25(15-19-29)33-26(32)30-20-9-21-31(4,5)22-23-10-7-6-8-11-23/h6-8,10-11,24-25H,9,12-22H2,1-5H3/p+1. The van der Waals surface area contributed by atoms with Crippen molar-refractivity contribution in [3.05, 3.63) is 35.9 Å². The van der Waals surface area contributed by atoms with Crippen molar-refractivity contribution in [1.82, 2.24) is 5.32 Å². The predicted molar refractivity (Wildman–Crippen MR) is 140 cm³/mol. The summed E-state index contributed by atoms with van der Waals surface area (Å²) in [6.45, 7) is 9.38. The molecule has 0 atom stereocenters. The van der Waals surface area contributed by atoms with Gasteiger partial charge in [0.25, 0.3) is 0 Å². The molecular formula is C29H47N2O6+. The zero-order valence-electron chi connectivity index (χ0n) is 23.4. The van der Waals surface area contributed by atoms with Crippen LogP contribution in [-0.4, -0.2) is 55.4 Å². The van der Waals surface area contributed by atoms with Gasteiger partial charge in [-0.3, -0.25) is 0 Å². The summed E-state index contributed by atoms with van der Waals surface area (Å²) in [5.41, 5.74) is 1.60. The molecule has 1 aromatic carbocycles. The van der Waals surface area contributed by atoms with Gasteiger partial charge in [0.2, 0.25) is 11.6 Å². The molecule has 1 amide bonds. The van der Waals surface area contributed by atoms with Gasteiger partial charge in [-0.05, 0) is 37.0 Å². The molecule has 4 rings (SSSR count). The maximum atomic E-state index is 12.3. The number of hydrogen-bond donors (Lipinski definition) is 1. The third-order valence-corrected chi connectivity index (χ3v) is 8.29. The van der Waals surface area contributed by atoms with Crippen molar-refractivity contribution in [2.45, 2.75) is 103 Å². The molecule has 0 bridgehead atoms. The van der Waals surface area contributed by atoms with E-state index in [1.807, 2.05) is 6.07 Å². The Morgan fingerprint density at radius 1 is 0.946 bits per heavy atom. The summed E-state index contributed by atoms with van der Waals surface area (Å²) >= 11 is 0. The molecule has 2 saturated carbocycles. The van der Waals surface area contributed by atoms with E-state index in [9.17, 15) is 4.79 Å². The second-order valence-electron chi connectivity index (χ2n) is 13.0. The summed E-state index contributed by atoms with van der Waals surface area (Å²) in [6.07, 6.45) is 6.32. The normalized spacial score (nSPS) is 30.8. The quantitative estimate of drug-likeness (QED) is 0.276. The van der Waals surface area contributed by atoms with Gasteiger partial charge in [-0.25, -0.2) is 4.79 Å². The van der Waals surface area contributed by atoms with Gasteiger partial charge in [0.05, 0.1) is 20.6 Å². The van der Waals surface area contributed by atoms with Gasteiger partial charge in [0, 0.05) is 44.2 Å². The third kappa shape index (κ3) is 7.90. The molecule has 3 aliphatic rings. The van der Waals surface area contributed by atoms with E-state index in [1.165, 1.54) is 5.56 Å².